The summed E-state index contributed by atoms with van der Waals surface area (Å²) in [4.78, 5) is 24.1. The second-order valence-corrected chi connectivity index (χ2v) is 5.82. The summed E-state index contributed by atoms with van der Waals surface area (Å²) in [5.41, 5.74) is 3.75. The fourth-order valence-electron chi connectivity index (χ4n) is 2.84. The maximum atomic E-state index is 12.3. The number of pyridine rings is 1. The van der Waals surface area contributed by atoms with Crippen molar-refractivity contribution in [3.8, 4) is 5.75 Å². The van der Waals surface area contributed by atoms with Crippen molar-refractivity contribution < 1.29 is 9.63 Å². The van der Waals surface area contributed by atoms with E-state index in [0.717, 1.165) is 32.5 Å². The number of aromatic nitrogens is 1. The Labute approximate surface area is 136 Å². The number of hydrogen-bond acceptors (Lipinski definition) is 4. The molecule has 0 bridgehead atoms. The van der Waals surface area contributed by atoms with E-state index in [4.69, 9.17) is 4.84 Å². The minimum absolute atomic E-state index is 0.0378. The van der Waals surface area contributed by atoms with Gasteiger partial charge in [0.05, 0.1) is 5.92 Å². The van der Waals surface area contributed by atoms with Gasteiger partial charge in [-0.2, -0.15) is 5.48 Å². The number of rotatable bonds is 5. The molecule has 2 heterocycles. The maximum Gasteiger partial charge on any atom is 0.256 e. The standard InChI is InChI=1S/C18H21N3O2/c22-18(20-23-17-8-2-1-3-9-17)16-7-5-11-21(14-16)13-15-6-4-10-19-12-15/h1-4,6,8-10,12,16H,5,7,11,13-14H2,(H,20,22). The Morgan fingerprint density at radius 3 is 2.91 bits per heavy atom. The van der Waals surface area contributed by atoms with E-state index < -0.39 is 0 Å². The summed E-state index contributed by atoms with van der Waals surface area (Å²) in [5.74, 6) is 0.553. The van der Waals surface area contributed by atoms with Crippen LogP contribution < -0.4 is 10.3 Å². The lowest BCUT2D eigenvalue weighted by Crippen LogP contribution is -2.43. The molecule has 1 N–H and O–H groups in total. The molecule has 0 aliphatic carbocycles. The molecule has 1 saturated heterocycles. The van der Waals surface area contributed by atoms with Gasteiger partial charge in [0.2, 0.25) is 0 Å². The summed E-state index contributed by atoms with van der Waals surface area (Å²) in [6, 6.07) is 13.3. The monoisotopic (exact) mass is 311 g/mol. The van der Waals surface area contributed by atoms with E-state index in [2.05, 4.69) is 21.4 Å². The summed E-state index contributed by atoms with van der Waals surface area (Å²) in [7, 11) is 0. The zero-order valence-electron chi connectivity index (χ0n) is 13.0. The fourth-order valence-corrected chi connectivity index (χ4v) is 2.84. The van der Waals surface area contributed by atoms with Crippen molar-refractivity contribution in [3.05, 3.63) is 60.4 Å². The topological polar surface area (TPSA) is 54.5 Å². The SMILES string of the molecule is O=C(NOc1ccccc1)C1CCCN(Cc2cccnc2)C1. The minimum Gasteiger partial charge on any atom is -0.380 e. The Kier molecular flexibility index (Phi) is 5.21. The number of carbonyl (C=O) groups is 1. The normalized spacial score (nSPS) is 18.3. The van der Waals surface area contributed by atoms with Crippen molar-refractivity contribution in [1.82, 2.24) is 15.4 Å². The van der Waals surface area contributed by atoms with Gasteiger partial charge in [0.15, 0.2) is 5.75 Å². The summed E-state index contributed by atoms with van der Waals surface area (Å²) in [6.07, 6.45) is 5.57. The van der Waals surface area contributed by atoms with Crippen LogP contribution in [-0.2, 0) is 11.3 Å². The highest BCUT2D eigenvalue weighted by Crippen LogP contribution is 2.19. The number of hydroxylamine groups is 1. The molecule has 23 heavy (non-hydrogen) atoms. The molecule has 1 unspecified atom stereocenters. The predicted octanol–water partition coefficient (Wildman–Crippen LogP) is 2.40. The van der Waals surface area contributed by atoms with Crippen molar-refractivity contribution in [2.24, 2.45) is 5.92 Å². The van der Waals surface area contributed by atoms with Crippen LogP contribution >= 0.6 is 0 Å². The van der Waals surface area contributed by atoms with Gasteiger partial charge in [-0.3, -0.25) is 14.7 Å². The van der Waals surface area contributed by atoms with E-state index in [9.17, 15) is 4.79 Å². The molecule has 1 atom stereocenters. The highest BCUT2D eigenvalue weighted by atomic mass is 16.7. The number of nitrogens with one attached hydrogen (secondary N) is 1. The Morgan fingerprint density at radius 1 is 1.26 bits per heavy atom. The largest absolute Gasteiger partial charge is 0.380 e. The molecule has 1 aliphatic rings. The van der Waals surface area contributed by atoms with E-state index in [1.54, 1.807) is 6.20 Å². The van der Waals surface area contributed by atoms with Crippen molar-refractivity contribution in [3.63, 3.8) is 0 Å². The number of piperidine rings is 1. The molecule has 1 aliphatic heterocycles. The van der Waals surface area contributed by atoms with E-state index in [-0.39, 0.29) is 11.8 Å². The summed E-state index contributed by atoms with van der Waals surface area (Å²) in [5, 5.41) is 0. The summed E-state index contributed by atoms with van der Waals surface area (Å²) in [6.45, 7) is 2.59. The first-order valence-corrected chi connectivity index (χ1v) is 7.94. The van der Waals surface area contributed by atoms with Gasteiger partial charge in [-0.1, -0.05) is 24.3 Å². The molecule has 3 rings (SSSR count). The van der Waals surface area contributed by atoms with Gasteiger partial charge < -0.3 is 4.84 Å². The molecular weight excluding hydrogens is 290 g/mol. The van der Waals surface area contributed by atoms with Gasteiger partial charge in [-0.05, 0) is 43.1 Å². The molecule has 0 spiro atoms. The van der Waals surface area contributed by atoms with E-state index in [1.807, 2.05) is 42.6 Å². The van der Waals surface area contributed by atoms with Crippen LogP contribution in [0.3, 0.4) is 0 Å². The van der Waals surface area contributed by atoms with Crippen molar-refractivity contribution in [1.29, 1.82) is 0 Å². The van der Waals surface area contributed by atoms with Gasteiger partial charge in [-0.25, -0.2) is 0 Å². The Hall–Kier alpha value is -2.40. The highest BCUT2D eigenvalue weighted by Gasteiger charge is 2.26. The third-order valence-corrected chi connectivity index (χ3v) is 4.02. The van der Waals surface area contributed by atoms with Crippen LogP contribution in [0.15, 0.2) is 54.9 Å². The van der Waals surface area contributed by atoms with E-state index >= 15 is 0 Å². The van der Waals surface area contributed by atoms with E-state index in [0.29, 0.717) is 5.75 Å². The molecular formula is C18H21N3O2. The van der Waals surface area contributed by atoms with Gasteiger partial charge in [0.1, 0.15) is 0 Å². The fraction of sp³-hybridized carbons (Fsp3) is 0.333. The summed E-state index contributed by atoms with van der Waals surface area (Å²) < 4.78 is 0. The lowest BCUT2D eigenvalue weighted by atomic mass is 9.97. The van der Waals surface area contributed by atoms with Crippen LogP contribution in [0.5, 0.6) is 5.75 Å². The Balaban J connectivity index is 1.50. The lowest BCUT2D eigenvalue weighted by Gasteiger charge is -2.31. The molecule has 2 aromatic rings. The minimum atomic E-state index is -0.0512. The number of carbonyl (C=O) groups excluding carboxylic acids is 1. The summed E-state index contributed by atoms with van der Waals surface area (Å²) >= 11 is 0. The van der Waals surface area contributed by atoms with E-state index in [1.165, 1.54) is 5.56 Å². The third kappa shape index (κ3) is 4.53. The van der Waals surface area contributed by atoms with Crippen LogP contribution in [0.25, 0.3) is 0 Å². The number of nitrogens with zero attached hydrogens (tertiary/aromatic N) is 2. The number of amides is 1. The first kappa shape index (κ1) is 15.5. The van der Waals surface area contributed by atoms with Crippen LogP contribution in [0, 0.1) is 5.92 Å². The molecule has 5 nitrogen and oxygen atoms in total. The van der Waals surface area contributed by atoms with Crippen LogP contribution in [0.1, 0.15) is 18.4 Å². The molecule has 0 saturated carbocycles. The first-order chi connectivity index (χ1) is 11.3. The Morgan fingerprint density at radius 2 is 2.13 bits per heavy atom. The zero-order chi connectivity index (χ0) is 15.9. The smallest absolute Gasteiger partial charge is 0.256 e. The van der Waals surface area contributed by atoms with Crippen molar-refractivity contribution in [2.45, 2.75) is 19.4 Å². The van der Waals surface area contributed by atoms with Gasteiger partial charge >= 0.3 is 0 Å². The first-order valence-electron chi connectivity index (χ1n) is 7.94. The number of benzene rings is 1. The number of hydrogen-bond donors (Lipinski definition) is 1. The number of likely N-dealkylation sites (tertiary alicyclic amines) is 1. The van der Waals surface area contributed by atoms with Gasteiger partial charge in [0.25, 0.3) is 5.91 Å². The number of para-hydroxylation sites is 1. The average molecular weight is 311 g/mol. The van der Waals surface area contributed by atoms with Gasteiger partial charge in [-0.15, -0.1) is 0 Å². The highest BCUT2D eigenvalue weighted by molar-refractivity contribution is 5.78. The zero-order valence-corrected chi connectivity index (χ0v) is 13.0. The second-order valence-electron chi connectivity index (χ2n) is 5.82. The van der Waals surface area contributed by atoms with Crippen molar-refractivity contribution >= 4 is 5.91 Å². The predicted molar refractivity (Wildman–Crippen MR) is 87.5 cm³/mol. The van der Waals surface area contributed by atoms with Crippen molar-refractivity contribution in [2.75, 3.05) is 13.1 Å². The third-order valence-electron chi connectivity index (χ3n) is 4.02. The molecule has 1 aromatic carbocycles. The lowest BCUT2D eigenvalue weighted by molar-refractivity contribution is -0.133. The quantitative estimate of drug-likeness (QED) is 0.862. The molecule has 1 aromatic heterocycles. The Bertz CT molecular complexity index is 619. The van der Waals surface area contributed by atoms with Crippen LogP contribution in [0.2, 0.25) is 0 Å². The molecule has 120 valence electrons. The van der Waals surface area contributed by atoms with Crippen LogP contribution in [-0.4, -0.2) is 28.9 Å². The van der Waals surface area contributed by atoms with Gasteiger partial charge in [0, 0.05) is 25.5 Å². The molecule has 5 heteroatoms. The van der Waals surface area contributed by atoms with Crippen LogP contribution in [0.4, 0.5) is 0 Å². The maximum absolute atomic E-state index is 12.3. The molecule has 0 radical (unpaired) electrons. The second kappa shape index (κ2) is 7.74. The molecule has 1 fully saturated rings. The molecule has 1 amide bonds. The average Bonchev–Trinajstić information content (AvgIpc) is 2.62.